The van der Waals surface area contributed by atoms with Crippen LogP contribution >= 0.6 is 0 Å². The van der Waals surface area contributed by atoms with E-state index in [2.05, 4.69) is 17.1 Å². The number of nitrogens with one attached hydrogen (secondary N) is 1. The molecule has 80 valence electrons. The molecule has 0 spiro atoms. The first-order chi connectivity index (χ1) is 6.71. The second-order valence-electron chi connectivity index (χ2n) is 4.77. The van der Waals surface area contributed by atoms with Gasteiger partial charge in [0, 0.05) is 31.5 Å². The summed E-state index contributed by atoms with van der Waals surface area (Å²) in [7, 11) is 0. The summed E-state index contributed by atoms with van der Waals surface area (Å²) in [5.41, 5.74) is 0.353. The van der Waals surface area contributed by atoms with E-state index in [9.17, 15) is 4.79 Å². The highest BCUT2D eigenvalue weighted by Crippen LogP contribution is 2.27. The van der Waals surface area contributed by atoms with Gasteiger partial charge in [-0.05, 0) is 32.9 Å². The first kappa shape index (κ1) is 10.1. The number of hydrogen-bond acceptors (Lipinski definition) is 3. The molecule has 0 saturated carbocycles. The topological polar surface area (TPSA) is 32.3 Å². The Bertz CT molecular complexity index is 211. The van der Waals surface area contributed by atoms with Crippen LogP contribution in [0.15, 0.2) is 0 Å². The van der Waals surface area contributed by atoms with Crippen molar-refractivity contribution in [3.8, 4) is 0 Å². The number of nitrogens with zero attached hydrogens (tertiary/aromatic N) is 1. The van der Waals surface area contributed by atoms with Gasteiger partial charge >= 0.3 is 0 Å². The molecule has 1 N–H and O–H groups in total. The summed E-state index contributed by atoms with van der Waals surface area (Å²) in [6.45, 7) is 6.57. The zero-order chi connectivity index (χ0) is 10.0. The number of rotatable bonds is 1. The lowest BCUT2D eigenvalue weighted by molar-refractivity contribution is -0.123. The molecule has 2 aliphatic heterocycles. The summed E-state index contributed by atoms with van der Waals surface area (Å²) in [6, 6.07) is 0. The molecule has 2 heterocycles. The highest BCUT2D eigenvalue weighted by Gasteiger charge is 2.34. The summed E-state index contributed by atoms with van der Waals surface area (Å²) in [5, 5.41) is 3.39. The van der Waals surface area contributed by atoms with Crippen molar-refractivity contribution in [2.45, 2.75) is 38.1 Å². The lowest BCUT2D eigenvalue weighted by Crippen LogP contribution is -2.55. The fourth-order valence-corrected chi connectivity index (χ4v) is 2.58. The van der Waals surface area contributed by atoms with E-state index < -0.39 is 0 Å². The number of carbonyl (C=O) groups excluding carboxylic acids is 1. The maximum Gasteiger partial charge on any atom is 0.135 e. The van der Waals surface area contributed by atoms with Gasteiger partial charge in [-0.2, -0.15) is 0 Å². The smallest absolute Gasteiger partial charge is 0.135 e. The standard InChI is InChI=1S/C11H20N2O/c1-11(4-6-12-7-5-11)13-8-2-10(14)3-9-13/h12H,2-9H2,1H3. The Balaban J connectivity index is 1.95. The van der Waals surface area contributed by atoms with Crippen LogP contribution in [-0.2, 0) is 4.79 Å². The molecule has 0 unspecified atom stereocenters. The maximum atomic E-state index is 11.2. The Kier molecular flexibility index (Phi) is 2.88. The number of ketones is 1. The molecule has 0 aromatic heterocycles. The SMILES string of the molecule is CC1(N2CCC(=O)CC2)CCNCC1. The van der Waals surface area contributed by atoms with Crippen molar-refractivity contribution in [1.29, 1.82) is 0 Å². The van der Waals surface area contributed by atoms with Gasteiger partial charge in [-0.1, -0.05) is 0 Å². The lowest BCUT2D eigenvalue weighted by Gasteiger charge is -2.45. The third-order valence-corrected chi connectivity index (χ3v) is 3.77. The number of carbonyl (C=O) groups is 1. The zero-order valence-corrected chi connectivity index (χ0v) is 9.01. The lowest BCUT2D eigenvalue weighted by atomic mass is 9.87. The van der Waals surface area contributed by atoms with E-state index in [0.29, 0.717) is 11.3 Å². The molecule has 3 heteroatoms. The molecular formula is C11H20N2O. The first-order valence-electron chi connectivity index (χ1n) is 5.68. The molecule has 0 aromatic carbocycles. The van der Waals surface area contributed by atoms with Crippen molar-refractivity contribution in [2.75, 3.05) is 26.2 Å². The Morgan fingerprint density at radius 3 is 2.36 bits per heavy atom. The van der Waals surface area contributed by atoms with E-state index in [0.717, 1.165) is 39.0 Å². The van der Waals surface area contributed by atoms with E-state index in [1.807, 2.05) is 0 Å². The van der Waals surface area contributed by atoms with Gasteiger partial charge in [0.1, 0.15) is 5.78 Å². The monoisotopic (exact) mass is 196 g/mol. The highest BCUT2D eigenvalue weighted by molar-refractivity contribution is 5.79. The van der Waals surface area contributed by atoms with Gasteiger partial charge in [-0.15, -0.1) is 0 Å². The van der Waals surface area contributed by atoms with E-state index >= 15 is 0 Å². The Labute approximate surface area is 85.8 Å². The molecule has 2 aliphatic rings. The second-order valence-corrected chi connectivity index (χ2v) is 4.77. The molecule has 2 rings (SSSR count). The number of piperidine rings is 2. The first-order valence-corrected chi connectivity index (χ1v) is 5.68. The van der Waals surface area contributed by atoms with Crippen LogP contribution in [0.3, 0.4) is 0 Å². The summed E-state index contributed by atoms with van der Waals surface area (Å²) in [6.07, 6.45) is 3.98. The number of hydrogen-bond donors (Lipinski definition) is 1. The summed E-state index contributed by atoms with van der Waals surface area (Å²) in [5.74, 6) is 0.443. The Morgan fingerprint density at radius 1 is 1.21 bits per heavy atom. The fourth-order valence-electron chi connectivity index (χ4n) is 2.58. The predicted molar refractivity (Wildman–Crippen MR) is 56.3 cm³/mol. The average molecular weight is 196 g/mol. The molecule has 2 saturated heterocycles. The van der Waals surface area contributed by atoms with Gasteiger partial charge < -0.3 is 5.32 Å². The van der Waals surface area contributed by atoms with Gasteiger partial charge in [0.05, 0.1) is 0 Å². The van der Waals surface area contributed by atoms with E-state index in [-0.39, 0.29) is 0 Å². The Hall–Kier alpha value is -0.410. The second kappa shape index (κ2) is 3.99. The van der Waals surface area contributed by atoms with Gasteiger partial charge in [0.25, 0.3) is 0 Å². The molecule has 0 amide bonds. The average Bonchev–Trinajstić information content (AvgIpc) is 2.19. The van der Waals surface area contributed by atoms with Crippen molar-refractivity contribution < 1.29 is 4.79 Å². The van der Waals surface area contributed by atoms with E-state index in [4.69, 9.17) is 0 Å². The van der Waals surface area contributed by atoms with Crippen LogP contribution in [0.1, 0.15) is 32.6 Å². The third-order valence-electron chi connectivity index (χ3n) is 3.77. The van der Waals surface area contributed by atoms with Crippen LogP contribution in [0.25, 0.3) is 0 Å². The fraction of sp³-hybridized carbons (Fsp3) is 0.909. The normalized spacial score (nSPS) is 29.1. The third kappa shape index (κ3) is 1.98. The van der Waals surface area contributed by atoms with Gasteiger partial charge in [-0.25, -0.2) is 0 Å². The Morgan fingerprint density at radius 2 is 1.79 bits per heavy atom. The van der Waals surface area contributed by atoms with Crippen molar-refractivity contribution in [1.82, 2.24) is 10.2 Å². The largest absolute Gasteiger partial charge is 0.317 e. The van der Waals surface area contributed by atoms with Crippen molar-refractivity contribution in [3.63, 3.8) is 0 Å². The molecule has 14 heavy (non-hydrogen) atoms. The van der Waals surface area contributed by atoms with Crippen LogP contribution in [0.5, 0.6) is 0 Å². The minimum atomic E-state index is 0.353. The van der Waals surface area contributed by atoms with Crippen LogP contribution in [0.2, 0.25) is 0 Å². The van der Waals surface area contributed by atoms with Crippen molar-refractivity contribution >= 4 is 5.78 Å². The van der Waals surface area contributed by atoms with Crippen LogP contribution in [-0.4, -0.2) is 42.4 Å². The summed E-state index contributed by atoms with van der Waals surface area (Å²) in [4.78, 5) is 13.7. The zero-order valence-electron chi connectivity index (χ0n) is 9.01. The highest BCUT2D eigenvalue weighted by atomic mass is 16.1. The maximum absolute atomic E-state index is 11.2. The van der Waals surface area contributed by atoms with Crippen molar-refractivity contribution in [3.05, 3.63) is 0 Å². The molecule has 0 aromatic rings. The van der Waals surface area contributed by atoms with E-state index in [1.165, 1.54) is 12.8 Å². The molecule has 0 bridgehead atoms. The molecule has 0 aliphatic carbocycles. The number of Topliss-reactive ketones (excluding diaryl/α,β-unsaturated/α-hetero) is 1. The van der Waals surface area contributed by atoms with Gasteiger partial charge in [0.2, 0.25) is 0 Å². The van der Waals surface area contributed by atoms with Gasteiger partial charge in [0.15, 0.2) is 0 Å². The van der Waals surface area contributed by atoms with E-state index in [1.54, 1.807) is 0 Å². The summed E-state index contributed by atoms with van der Waals surface area (Å²) < 4.78 is 0. The quantitative estimate of drug-likeness (QED) is 0.673. The van der Waals surface area contributed by atoms with Gasteiger partial charge in [-0.3, -0.25) is 9.69 Å². The van der Waals surface area contributed by atoms with Crippen LogP contribution in [0.4, 0.5) is 0 Å². The minimum absolute atomic E-state index is 0.353. The predicted octanol–water partition coefficient (Wildman–Crippen LogP) is 0.793. The molecule has 0 atom stereocenters. The van der Waals surface area contributed by atoms with Crippen LogP contribution < -0.4 is 5.32 Å². The number of likely N-dealkylation sites (tertiary alicyclic amines) is 1. The van der Waals surface area contributed by atoms with Crippen LogP contribution in [0, 0.1) is 0 Å². The summed E-state index contributed by atoms with van der Waals surface area (Å²) >= 11 is 0. The van der Waals surface area contributed by atoms with Crippen molar-refractivity contribution in [2.24, 2.45) is 0 Å². The molecule has 0 radical (unpaired) electrons. The molecule has 3 nitrogen and oxygen atoms in total. The molecule has 2 fully saturated rings. The minimum Gasteiger partial charge on any atom is -0.317 e. The molecular weight excluding hydrogens is 176 g/mol.